The number of carbonyl (C=O) groups excluding carboxylic acids is 1. The lowest BCUT2D eigenvalue weighted by molar-refractivity contribution is -0.139. The van der Waals surface area contributed by atoms with Crippen LogP contribution in [0.15, 0.2) is 54.7 Å². The van der Waals surface area contributed by atoms with Crippen molar-refractivity contribution in [3.63, 3.8) is 0 Å². The average molecular weight is 549 g/mol. The van der Waals surface area contributed by atoms with Crippen molar-refractivity contribution in [2.45, 2.75) is 39.8 Å². The van der Waals surface area contributed by atoms with Crippen LogP contribution < -0.4 is 4.72 Å². The number of aliphatic hydroxyl groups is 1. The number of benzene rings is 2. The van der Waals surface area contributed by atoms with E-state index in [0.717, 1.165) is 23.8 Å². The Hall–Kier alpha value is -2.40. The van der Waals surface area contributed by atoms with Crippen LogP contribution in [0.4, 0.5) is 8.78 Å². The van der Waals surface area contributed by atoms with Crippen LogP contribution in [0.1, 0.15) is 44.6 Å². The molecule has 0 saturated carbocycles. The molecular weight excluding hydrogens is 514 g/mol. The van der Waals surface area contributed by atoms with Gasteiger partial charge in [-0.05, 0) is 52.8 Å². The number of imidazole rings is 1. The highest BCUT2D eigenvalue weighted by Crippen LogP contribution is 2.39. The molecule has 1 heterocycles. The zero-order chi connectivity index (χ0) is 27.0. The Labute approximate surface area is 225 Å². The molecule has 0 spiro atoms. The fourth-order valence-electron chi connectivity index (χ4n) is 4.28. The molecule has 10 heteroatoms. The van der Waals surface area contributed by atoms with E-state index in [2.05, 4.69) is 4.72 Å². The molecule has 6 nitrogen and oxygen atoms in total. The number of aromatic nitrogens is 2. The summed E-state index contributed by atoms with van der Waals surface area (Å²) in [5, 5.41) is 9.83. The molecule has 0 aliphatic rings. The van der Waals surface area contributed by atoms with Crippen molar-refractivity contribution in [2.24, 2.45) is 5.41 Å². The van der Waals surface area contributed by atoms with Gasteiger partial charge in [0.05, 0.1) is 11.7 Å². The van der Waals surface area contributed by atoms with E-state index in [4.69, 9.17) is 4.98 Å². The van der Waals surface area contributed by atoms with Crippen molar-refractivity contribution in [2.75, 3.05) is 26.0 Å². The average Bonchev–Trinajstić information content (AvgIpc) is 3.26. The first-order valence-electron chi connectivity index (χ1n) is 12.0. The predicted molar refractivity (Wildman–Crippen MR) is 148 cm³/mol. The molecule has 0 saturated heterocycles. The quantitative estimate of drug-likeness (QED) is 0.172. The zero-order valence-corrected chi connectivity index (χ0v) is 23.2. The van der Waals surface area contributed by atoms with Gasteiger partial charge in [-0.3, -0.25) is 9.52 Å². The second-order valence-electron chi connectivity index (χ2n) is 9.73. The molecule has 2 N–H and O–H groups in total. The van der Waals surface area contributed by atoms with Crippen molar-refractivity contribution >= 4 is 27.7 Å². The fraction of sp³-hybridized carbons (Fsp3) is 0.407. The minimum atomic E-state index is -0.635. The number of carbonyl (C=O) groups is 1. The minimum absolute atomic E-state index is 0.0547. The topological polar surface area (TPSA) is 70.4 Å². The van der Waals surface area contributed by atoms with Crippen LogP contribution >= 0.6 is 21.8 Å². The summed E-state index contributed by atoms with van der Waals surface area (Å²) in [6.07, 6.45) is 4.34. The largest absolute Gasteiger partial charge is 0.387 e. The van der Waals surface area contributed by atoms with Crippen molar-refractivity contribution in [3.8, 4) is 11.3 Å². The molecule has 1 atom stereocenters. The zero-order valence-electron chi connectivity index (χ0n) is 21.6. The van der Waals surface area contributed by atoms with Crippen molar-refractivity contribution in [1.29, 1.82) is 0 Å². The minimum Gasteiger partial charge on any atom is -0.387 e. The van der Waals surface area contributed by atoms with Gasteiger partial charge in [0, 0.05) is 31.4 Å². The molecule has 0 aliphatic heterocycles. The van der Waals surface area contributed by atoms with E-state index in [1.54, 1.807) is 21.9 Å². The first-order chi connectivity index (χ1) is 17.7. The van der Waals surface area contributed by atoms with Crippen molar-refractivity contribution < 1.29 is 18.7 Å². The van der Waals surface area contributed by atoms with Gasteiger partial charge in [-0.1, -0.05) is 61.9 Å². The molecular formula is C27H34F2N4O2S2. The van der Waals surface area contributed by atoms with Gasteiger partial charge in [-0.25, -0.2) is 13.8 Å². The van der Waals surface area contributed by atoms with E-state index in [9.17, 15) is 18.7 Å². The fourth-order valence-corrected chi connectivity index (χ4v) is 5.23. The van der Waals surface area contributed by atoms with Crippen molar-refractivity contribution in [3.05, 3.63) is 77.8 Å². The molecule has 1 unspecified atom stereocenters. The Bertz CT molecular complexity index is 1170. The lowest BCUT2D eigenvalue weighted by Crippen LogP contribution is -2.44. The Morgan fingerprint density at radius 2 is 1.92 bits per heavy atom. The third kappa shape index (κ3) is 7.80. The Morgan fingerprint density at radius 3 is 2.57 bits per heavy atom. The van der Waals surface area contributed by atoms with E-state index in [1.165, 1.54) is 11.0 Å². The van der Waals surface area contributed by atoms with Crippen LogP contribution in [0.5, 0.6) is 0 Å². The molecule has 2 aromatic carbocycles. The smallest absolute Gasteiger partial charge is 0.248 e. The van der Waals surface area contributed by atoms with E-state index in [0.29, 0.717) is 31.9 Å². The monoisotopic (exact) mass is 548 g/mol. The molecule has 37 heavy (non-hydrogen) atoms. The number of aliphatic hydroxyl groups excluding tert-OH is 1. The van der Waals surface area contributed by atoms with Gasteiger partial charge in [0.15, 0.2) is 0 Å². The third-order valence-corrected chi connectivity index (χ3v) is 7.20. The number of amides is 1. The highest BCUT2D eigenvalue weighted by atomic mass is 33.1. The van der Waals surface area contributed by atoms with E-state index >= 15 is 0 Å². The van der Waals surface area contributed by atoms with Gasteiger partial charge >= 0.3 is 0 Å². The van der Waals surface area contributed by atoms with Crippen LogP contribution in [0.2, 0.25) is 0 Å². The van der Waals surface area contributed by atoms with Crippen LogP contribution in [-0.4, -0.2) is 51.4 Å². The van der Waals surface area contributed by atoms with E-state index in [-0.39, 0.29) is 11.3 Å². The second-order valence-corrected chi connectivity index (χ2v) is 12.0. The summed E-state index contributed by atoms with van der Waals surface area (Å²) in [6, 6.07) is 12.5. The highest BCUT2D eigenvalue weighted by Gasteiger charge is 2.38. The first kappa shape index (κ1) is 29.2. The predicted octanol–water partition coefficient (Wildman–Crippen LogP) is 5.69. The van der Waals surface area contributed by atoms with Crippen LogP contribution in [0.3, 0.4) is 0 Å². The maximum absolute atomic E-state index is 14.7. The van der Waals surface area contributed by atoms with Crippen LogP contribution in [-0.2, 0) is 11.3 Å². The normalized spacial score (nSPS) is 12.5. The molecule has 0 radical (unpaired) electrons. The van der Waals surface area contributed by atoms with Gasteiger partial charge in [0.1, 0.15) is 24.1 Å². The molecule has 1 amide bonds. The van der Waals surface area contributed by atoms with Crippen molar-refractivity contribution in [1.82, 2.24) is 19.2 Å². The molecule has 0 bridgehead atoms. The number of rotatable bonds is 12. The molecule has 200 valence electrons. The number of nitrogens with one attached hydrogen (secondary N) is 1. The van der Waals surface area contributed by atoms with E-state index in [1.807, 2.05) is 61.9 Å². The first-order valence-corrected chi connectivity index (χ1v) is 14.6. The summed E-state index contributed by atoms with van der Waals surface area (Å²) in [5.74, 6) is -1.01. The molecule has 3 aromatic rings. The van der Waals surface area contributed by atoms with Gasteiger partial charge in [-0.2, -0.15) is 0 Å². The Balaban J connectivity index is 2.11. The summed E-state index contributed by atoms with van der Waals surface area (Å²) in [5.41, 5.74) is 0.855. The summed E-state index contributed by atoms with van der Waals surface area (Å²) in [7, 11) is 3.12. The van der Waals surface area contributed by atoms with E-state index < -0.39 is 35.6 Å². The number of hydrogen-bond donors (Lipinski definition) is 2. The molecule has 0 aliphatic carbocycles. The molecule has 0 fully saturated rings. The lowest BCUT2D eigenvalue weighted by atomic mass is 9.84. The summed E-state index contributed by atoms with van der Waals surface area (Å²) in [4.78, 5) is 19.5. The lowest BCUT2D eigenvalue weighted by Gasteiger charge is -2.40. The summed E-state index contributed by atoms with van der Waals surface area (Å²) < 4.78 is 33.9. The van der Waals surface area contributed by atoms with Gasteiger partial charge < -0.3 is 14.6 Å². The second kappa shape index (κ2) is 13.4. The maximum Gasteiger partial charge on any atom is 0.248 e. The van der Waals surface area contributed by atoms with Gasteiger partial charge in [0.25, 0.3) is 0 Å². The number of halogens is 2. The third-order valence-electron chi connectivity index (χ3n) is 5.86. The molecule has 1 aromatic heterocycles. The number of hydrogen-bond acceptors (Lipinski definition) is 6. The Morgan fingerprint density at radius 1 is 1.19 bits per heavy atom. The standard InChI is InChI=1S/C27H34F2N4O2S2/c1-27(2,3)25(33(24(35)18-34)14-8-13-30-37-36-4)26-31-23(21-15-20(28)11-12-22(21)29)17-32(26)16-19-9-6-5-7-10-19/h5-7,9-12,15,17,25,30,34H,8,13-14,16,18H2,1-4H3. The van der Waals surface area contributed by atoms with Gasteiger partial charge in [0.2, 0.25) is 5.91 Å². The van der Waals surface area contributed by atoms with Crippen LogP contribution in [0, 0.1) is 17.0 Å². The summed E-state index contributed by atoms with van der Waals surface area (Å²) in [6.45, 7) is 6.87. The SMILES string of the molecule is CSSNCCCN(C(=O)CO)C(c1nc(-c2cc(F)ccc2F)cn1Cc1ccccc1)C(C)(C)C. The van der Waals surface area contributed by atoms with Gasteiger partial charge in [-0.15, -0.1) is 0 Å². The van der Waals surface area contributed by atoms with Crippen LogP contribution in [0.25, 0.3) is 11.3 Å². The summed E-state index contributed by atoms with van der Waals surface area (Å²) >= 11 is 0. The Kier molecular flexibility index (Phi) is 10.6. The maximum atomic E-state index is 14.7. The highest BCUT2D eigenvalue weighted by molar-refractivity contribution is 8.75. The number of nitrogens with zero attached hydrogens (tertiary/aromatic N) is 3. The molecule has 3 rings (SSSR count).